The second-order valence-corrected chi connectivity index (χ2v) is 6.28. The third-order valence-electron chi connectivity index (χ3n) is 3.09. The molecule has 7 heteroatoms. The summed E-state index contributed by atoms with van der Waals surface area (Å²) in [5.41, 5.74) is 1.01. The van der Waals surface area contributed by atoms with E-state index in [1.54, 1.807) is 36.7 Å². The lowest BCUT2D eigenvalue weighted by molar-refractivity contribution is -0.382. The molecule has 2 rings (SSSR count). The van der Waals surface area contributed by atoms with Gasteiger partial charge in [0.05, 0.1) is 15.8 Å². The summed E-state index contributed by atoms with van der Waals surface area (Å²) in [5.74, 6) is 0. The molecule has 2 atom stereocenters. The molecule has 0 saturated carbocycles. The molecule has 6 nitrogen and oxygen atoms in total. The summed E-state index contributed by atoms with van der Waals surface area (Å²) < 4.78 is 11.3. The molecule has 0 spiro atoms. The van der Waals surface area contributed by atoms with Gasteiger partial charge in [0.2, 0.25) is 0 Å². The van der Waals surface area contributed by atoms with Crippen LogP contribution in [0.2, 0.25) is 0 Å². The summed E-state index contributed by atoms with van der Waals surface area (Å²) in [5, 5.41) is 14.7. The van der Waals surface area contributed by atoms with Crippen LogP contribution >= 0.6 is 0 Å². The minimum absolute atomic E-state index is 0.00434. The van der Waals surface area contributed by atoms with E-state index in [9.17, 15) is 14.3 Å². The van der Waals surface area contributed by atoms with Crippen LogP contribution in [0, 0.1) is 10.1 Å². The van der Waals surface area contributed by atoms with E-state index in [0.717, 1.165) is 0 Å². The summed E-state index contributed by atoms with van der Waals surface area (Å²) >= 11 is 0. The molecule has 1 N–H and O–H groups in total. The first kappa shape index (κ1) is 14.4. The van der Waals surface area contributed by atoms with Crippen molar-refractivity contribution >= 4 is 33.1 Å². The predicted octanol–water partition coefficient (Wildman–Crippen LogP) is 2.32. The number of nitro groups is 1. The molecule has 0 fully saturated rings. The van der Waals surface area contributed by atoms with E-state index in [1.165, 1.54) is 0 Å². The number of fused-ring (bicyclic) bond motifs is 1. The number of rotatable bonds is 5. The Morgan fingerprint density at radius 3 is 2.85 bits per heavy atom. The normalized spacial score (nSPS) is 13.9. The fraction of sp³-hybridized carbons (Fsp3) is 0.308. The number of nitro benzene ring substituents is 1. The van der Waals surface area contributed by atoms with Crippen molar-refractivity contribution in [2.45, 2.75) is 12.2 Å². The molecular weight excluding hydrogens is 278 g/mol. The molecule has 1 aromatic carbocycles. The Kier molecular flexibility index (Phi) is 4.29. The van der Waals surface area contributed by atoms with Crippen LogP contribution in [0.3, 0.4) is 0 Å². The Morgan fingerprint density at radius 2 is 2.20 bits per heavy atom. The minimum atomic E-state index is -0.973. The molecule has 0 saturated heterocycles. The van der Waals surface area contributed by atoms with Crippen LogP contribution in [-0.4, -0.2) is 32.2 Å². The van der Waals surface area contributed by atoms with Gasteiger partial charge in [-0.25, -0.2) is 0 Å². The molecule has 1 aromatic heterocycles. The maximum atomic E-state index is 11.3. The molecule has 2 aromatic rings. The molecule has 0 amide bonds. The highest BCUT2D eigenvalue weighted by molar-refractivity contribution is 7.84. The van der Waals surface area contributed by atoms with Gasteiger partial charge in [0.15, 0.2) is 0 Å². The van der Waals surface area contributed by atoms with Crippen LogP contribution in [0.1, 0.15) is 6.92 Å². The predicted molar refractivity (Wildman–Crippen MR) is 80.4 cm³/mol. The van der Waals surface area contributed by atoms with Crippen molar-refractivity contribution in [1.29, 1.82) is 0 Å². The zero-order valence-corrected chi connectivity index (χ0v) is 12.0. The van der Waals surface area contributed by atoms with Crippen molar-refractivity contribution < 1.29 is 9.13 Å². The van der Waals surface area contributed by atoms with Gasteiger partial charge in [0.25, 0.3) is 0 Å². The fourth-order valence-electron chi connectivity index (χ4n) is 1.85. The molecule has 0 radical (unpaired) electrons. The van der Waals surface area contributed by atoms with Crippen molar-refractivity contribution in [3.05, 3.63) is 40.6 Å². The number of nitrogens with one attached hydrogen (secondary N) is 1. The number of hydrogen-bond acceptors (Lipinski definition) is 5. The molecular formula is C13H15N3O3S. The Labute approximate surface area is 118 Å². The first-order valence-corrected chi connectivity index (χ1v) is 7.71. The van der Waals surface area contributed by atoms with Gasteiger partial charge in [-0.1, -0.05) is 0 Å². The quantitative estimate of drug-likeness (QED) is 0.675. The first-order valence-electron chi connectivity index (χ1n) is 6.09. The molecule has 0 bridgehead atoms. The van der Waals surface area contributed by atoms with Crippen molar-refractivity contribution in [2.24, 2.45) is 0 Å². The lowest BCUT2D eigenvalue weighted by Crippen LogP contribution is -2.21. The number of aromatic nitrogens is 1. The van der Waals surface area contributed by atoms with Gasteiger partial charge in [-0.2, -0.15) is 0 Å². The maximum absolute atomic E-state index is 11.3. The van der Waals surface area contributed by atoms with E-state index in [0.29, 0.717) is 23.1 Å². The van der Waals surface area contributed by atoms with Gasteiger partial charge in [0, 0.05) is 35.0 Å². The SMILES string of the molecule is CC(CNc1ccc2ncccc2c1[N+](=O)[O-])S(C)=O. The van der Waals surface area contributed by atoms with Crippen molar-refractivity contribution in [2.75, 3.05) is 18.1 Å². The maximum Gasteiger partial charge on any atom is 0.301 e. The average molecular weight is 293 g/mol. The van der Waals surface area contributed by atoms with Gasteiger partial charge in [-0.15, -0.1) is 0 Å². The Bertz CT molecular complexity index is 675. The fourth-order valence-corrected chi connectivity index (χ4v) is 2.17. The van der Waals surface area contributed by atoms with Gasteiger partial charge in [0.1, 0.15) is 5.69 Å². The number of benzene rings is 1. The van der Waals surface area contributed by atoms with Crippen molar-refractivity contribution in [1.82, 2.24) is 4.98 Å². The zero-order valence-electron chi connectivity index (χ0n) is 11.2. The van der Waals surface area contributed by atoms with Crippen LogP contribution in [0.25, 0.3) is 10.9 Å². The van der Waals surface area contributed by atoms with Gasteiger partial charge >= 0.3 is 5.69 Å². The highest BCUT2D eigenvalue weighted by Crippen LogP contribution is 2.32. The molecule has 2 unspecified atom stereocenters. The summed E-state index contributed by atoms with van der Waals surface area (Å²) in [6, 6.07) is 6.72. The van der Waals surface area contributed by atoms with E-state index < -0.39 is 15.7 Å². The van der Waals surface area contributed by atoms with Gasteiger partial charge < -0.3 is 5.32 Å². The Morgan fingerprint density at radius 1 is 1.45 bits per heavy atom. The highest BCUT2D eigenvalue weighted by atomic mass is 32.2. The molecule has 106 valence electrons. The van der Waals surface area contributed by atoms with E-state index >= 15 is 0 Å². The van der Waals surface area contributed by atoms with E-state index in [4.69, 9.17) is 0 Å². The molecule has 20 heavy (non-hydrogen) atoms. The number of pyridine rings is 1. The first-order chi connectivity index (χ1) is 9.50. The lowest BCUT2D eigenvalue weighted by Gasteiger charge is -2.12. The summed E-state index contributed by atoms with van der Waals surface area (Å²) in [4.78, 5) is 15.0. The van der Waals surface area contributed by atoms with Gasteiger partial charge in [-0.3, -0.25) is 19.3 Å². The average Bonchev–Trinajstić information content (AvgIpc) is 2.43. The summed E-state index contributed by atoms with van der Waals surface area (Å²) in [6.07, 6.45) is 3.21. The standard InChI is InChI=1S/C13H15N3O3S/c1-9(20(2)19)8-15-12-6-5-11-10(4-3-7-14-11)13(12)16(17)18/h3-7,9,15H,8H2,1-2H3. The van der Waals surface area contributed by atoms with Crippen LogP contribution < -0.4 is 5.32 Å². The highest BCUT2D eigenvalue weighted by Gasteiger charge is 2.19. The molecule has 0 aliphatic heterocycles. The minimum Gasteiger partial charge on any atom is -0.378 e. The largest absolute Gasteiger partial charge is 0.378 e. The van der Waals surface area contributed by atoms with Crippen molar-refractivity contribution in [3.8, 4) is 0 Å². The second-order valence-electron chi connectivity index (χ2n) is 4.48. The smallest absolute Gasteiger partial charge is 0.301 e. The number of anilines is 1. The van der Waals surface area contributed by atoms with Crippen LogP contribution in [0.5, 0.6) is 0 Å². The van der Waals surface area contributed by atoms with E-state index in [-0.39, 0.29) is 10.9 Å². The van der Waals surface area contributed by atoms with Crippen LogP contribution in [-0.2, 0) is 10.8 Å². The summed E-state index contributed by atoms with van der Waals surface area (Å²) in [6.45, 7) is 2.24. The van der Waals surface area contributed by atoms with E-state index in [1.807, 2.05) is 6.92 Å². The van der Waals surface area contributed by atoms with E-state index in [2.05, 4.69) is 10.3 Å². The monoisotopic (exact) mass is 293 g/mol. The van der Waals surface area contributed by atoms with Crippen LogP contribution in [0.4, 0.5) is 11.4 Å². The van der Waals surface area contributed by atoms with Gasteiger partial charge in [-0.05, 0) is 31.2 Å². The second kappa shape index (κ2) is 5.96. The lowest BCUT2D eigenvalue weighted by atomic mass is 10.1. The topological polar surface area (TPSA) is 85.1 Å². The van der Waals surface area contributed by atoms with Crippen molar-refractivity contribution in [3.63, 3.8) is 0 Å². The Hall–Kier alpha value is -2.02. The number of nitrogens with zero attached hydrogens (tertiary/aromatic N) is 2. The molecule has 1 heterocycles. The third-order valence-corrected chi connectivity index (χ3v) is 4.39. The third kappa shape index (κ3) is 2.93. The molecule has 0 aliphatic carbocycles. The molecule has 0 aliphatic rings. The van der Waals surface area contributed by atoms with Crippen LogP contribution in [0.15, 0.2) is 30.5 Å². The summed E-state index contributed by atoms with van der Waals surface area (Å²) in [7, 11) is -0.973. The number of hydrogen-bond donors (Lipinski definition) is 1. The zero-order chi connectivity index (χ0) is 14.7. The Balaban J connectivity index is 2.40.